The number of hydrogen-bond donors (Lipinski definition) is 2. The highest BCUT2D eigenvalue weighted by Crippen LogP contribution is 2.19. The van der Waals surface area contributed by atoms with Crippen molar-refractivity contribution in [3.05, 3.63) is 36.3 Å². The van der Waals surface area contributed by atoms with Gasteiger partial charge in [0.1, 0.15) is 11.6 Å². The molecular weight excluding hydrogens is 254 g/mol. The van der Waals surface area contributed by atoms with Gasteiger partial charge in [-0.1, -0.05) is 6.07 Å². The van der Waals surface area contributed by atoms with Crippen LogP contribution >= 0.6 is 0 Å². The number of hydrogen-bond acceptors (Lipinski definition) is 4. The lowest BCUT2D eigenvalue weighted by Gasteiger charge is -2.07. The smallest absolute Gasteiger partial charge is 0.278 e. The first kappa shape index (κ1) is 12.4. The lowest BCUT2D eigenvalue weighted by molar-refractivity contribution is 0.415. The van der Waals surface area contributed by atoms with Crippen LogP contribution in [-0.4, -0.2) is 25.5 Å². The van der Waals surface area contributed by atoms with E-state index in [0.29, 0.717) is 17.3 Å². The summed E-state index contributed by atoms with van der Waals surface area (Å²) in [6.07, 6.45) is 1.28. The summed E-state index contributed by atoms with van der Waals surface area (Å²) in [6, 6.07) is 6.68. The van der Waals surface area contributed by atoms with E-state index < -0.39 is 10.0 Å². The lowest BCUT2D eigenvalue weighted by atomic mass is 10.3. The zero-order valence-corrected chi connectivity index (χ0v) is 10.8. The molecule has 0 bridgehead atoms. The largest absolute Gasteiger partial charge is 0.497 e. The first-order valence-electron chi connectivity index (χ1n) is 5.20. The molecule has 0 spiro atoms. The summed E-state index contributed by atoms with van der Waals surface area (Å²) < 4.78 is 31.5. The van der Waals surface area contributed by atoms with Crippen LogP contribution in [0, 0.1) is 6.92 Å². The summed E-state index contributed by atoms with van der Waals surface area (Å²) >= 11 is 0. The molecule has 0 aliphatic carbocycles. The molecular formula is C11H13N3O3S. The van der Waals surface area contributed by atoms with E-state index in [1.54, 1.807) is 31.2 Å². The van der Waals surface area contributed by atoms with Crippen LogP contribution in [0.1, 0.15) is 5.82 Å². The first-order valence-corrected chi connectivity index (χ1v) is 6.68. The standard InChI is InChI=1S/C11H13N3O3S/c1-8-12-7-11(13-8)18(15,16)14-9-4-3-5-10(6-9)17-2/h3-7,14H,1-2H3,(H,12,13). The minimum atomic E-state index is -3.64. The van der Waals surface area contributed by atoms with Crippen molar-refractivity contribution < 1.29 is 13.2 Å². The summed E-state index contributed by atoms with van der Waals surface area (Å²) in [7, 11) is -2.12. The van der Waals surface area contributed by atoms with Crippen molar-refractivity contribution >= 4 is 15.7 Å². The van der Waals surface area contributed by atoms with E-state index in [1.165, 1.54) is 13.3 Å². The van der Waals surface area contributed by atoms with Gasteiger partial charge in [0.05, 0.1) is 19.0 Å². The fraction of sp³-hybridized carbons (Fsp3) is 0.182. The number of benzene rings is 1. The molecule has 0 fully saturated rings. The van der Waals surface area contributed by atoms with Crippen LogP contribution in [-0.2, 0) is 10.0 Å². The number of aryl methyl sites for hydroxylation is 1. The number of aromatic nitrogens is 2. The van der Waals surface area contributed by atoms with Crippen molar-refractivity contribution in [3.63, 3.8) is 0 Å². The zero-order valence-electron chi connectivity index (χ0n) is 9.97. The second-order valence-corrected chi connectivity index (χ2v) is 5.32. The number of H-pyrrole nitrogens is 1. The van der Waals surface area contributed by atoms with Crippen LogP contribution < -0.4 is 9.46 Å². The molecule has 0 amide bonds. The molecule has 0 unspecified atom stereocenters. The molecule has 0 saturated heterocycles. The van der Waals surface area contributed by atoms with Crippen molar-refractivity contribution in [2.24, 2.45) is 0 Å². The van der Waals surface area contributed by atoms with Gasteiger partial charge < -0.3 is 9.72 Å². The Morgan fingerprint density at radius 1 is 1.39 bits per heavy atom. The summed E-state index contributed by atoms with van der Waals surface area (Å²) in [5.41, 5.74) is 0.432. The molecule has 0 aliphatic heterocycles. The number of rotatable bonds is 4. The molecule has 1 aromatic carbocycles. The summed E-state index contributed by atoms with van der Waals surface area (Å²) in [5, 5.41) is 0.0304. The minimum absolute atomic E-state index is 0.0304. The van der Waals surface area contributed by atoms with Gasteiger partial charge in [-0.3, -0.25) is 4.72 Å². The van der Waals surface area contributed by atoms with Gasteiger partial charge in [0.2, 0.25) is 0 Å². The highest BCUT2D eigenvalue weighted by Gasteiger charge is 2.16. The van der Waals surface area contributed by atoms with E-state index in [4.69, 9.17) is 4.74 Å². The molecule has 1 aromatic heterocycles. The number of ether oxygens (including phenoxy) is 1. The van der Waals surface area contributed by atoms with E-state index in [-0.39, 0.29) is 5.03 Å². The number of methoxy groups -OCH3 is 1. The van der Waals surface area contributed by atoms with Crippen molar-refractivity contribution in [1.29, 1.82) is 0 Å². The van der Waals surface area contributed by atoms with Crippen molar-refractivity contribution in [1.82, 2.24) is 9.97 Å². The van der Waals surface area contributed by atoms with Crippen molar-refractivity contribution in [3.8, 4) is 5.75 Å². The predicted octanol–water partition coefficient (Wildman–Crippen LogP) is 1.53. The van der Waals surface area contributed by atoms with Crippen molar-refractivity contribution in [2.75, 3.05) is 11.8 Å². The maximum Gasteiger partial charge on any atom is 0.278 e. The highest BCUT2D eigenvalue weighted by molar-refractivity contribution is 7.92. The monoisotopic (exact) mass is 267 g/mol. The number of aromatic amines is 1. The third-order valence-electron chi connectivity index (χ3n) is 2.29. The fourth-order valence-electron chi connectivity index (χ4n) is 1.43. The highest BCUT2D eigenvalue weighted by atomic mass is 32.2. The number of sulfonamides is 1. The Hall–Kier alpha value is -2.02. The summed E-state index contributed by atoms with van der Waals surface area (Å²) in [6.45, 7) is 1.69. The molecule has 1 heterocycles. The normalized spacial score (nSPS) is 11.2. The number of nitrogens with zero attached hydrogens (tertiary/aromatic N) is 1. The molecule has 2 rings (SSSR count). The van der Waals surface area contributed by atoms with Crippen LogP contribution in [0.15, 0.2) is 35.5 Å². The van der Waals surface area contributed by atoms with E-state index >= 15 is 0 Å². The quantitative estimate of drug-likeness (QED) is 0.879. The number of anilines is 1. The van der Waals surface area contributed by atoms with Gasteiger partial charge in [-0.05, 0) is 19.1 Å². The Kier molecular flexibility index (Phi) is 3.24. The lowest BCUT2D eigenvalue weighted by Crippen LogP contribution is -2.13. The van der Waals surface area contributed by atoms with Gasteiger partial charge in [-0.25, -0.2) is 4.98 Å². The first-order chi connectivity index (χ1) is 8.51. The molecule has 6 nitrogen and oxygen atoms in total. The summed E-state index contributed by atoms with van der Waals surface area (Å²) in [4.78, 5) is 6.53. The van der Waals surface area contributed by atoms with Gasteiger partial charge in [0, 0.05) is 6.07 Å². The molecule has 0 saturated carbocycles. The van der Waals surface area contributed by atoms with Crippen LogP contribution in [0.3, 0.4) is 0 Å². The van der Waals surface area contributed by atoms with E-state index in [9.17, 15) is 8.42 Å². The number of nitrogens with one attached hydrogen (secondary N) is 2. The van der Waals surface area contributed by atoms with Gasteiger partial charge in [-0.15, -0.1) is 0 Å². The molecule has 7 heteroatoms. The van der Waals surface area contributed by atoms with Crippen LogP contribution in [0.2, 0.25) is 0 Å². The van der Waals surface area contributed by atoms with E-state index in [1.807, 2.05) is 0 Å². The van der Waals surface area contributed by atoms with Crippen LogP contribution in [0.4, 0.5) is 5.69 Å². The van der Waals surface area contributed by atoms with Gasteiger partial charge >= 0.3 is 0 Å². The fourth-order valence-corrected chi connectivity index (χ4v) is 2.45. The molecule has 18 heavy (non-hydrogen) atoms. The molecule has 0 aliphatic rings. The molecule has 0 atom stereocenters. The van der Waals surface area contributed by atoms with Gasteiger partial charge in [0.25, 0.3) is 10.0 Å². The summed E-state index contributed by atoms with van der Waals surface area (Å²) in [5.74, 6) is 1.12. The average Bonchev–Trinajstić information content (AvgIpc) is 2.76. The second-order valence-electron chi connectivity index (χ2n) is 3.67. The average molecular weight is 267 g/mol. The third kappa shape index (κ3) is 2.62. The van der Waals surface area contributed by atoms with Crippen molar-refractivity contribution in [2.45, 2.75) is 11.9 Å². The molecule has 0 radical (unpaired) electrons. The maximum absolute atomic E-state index is 12.0. The minimum Gasteiger partial charge on any atom is -0.497 e. The Bertz CT molecular complexity index is 649. The Morgan fingerprint density at radius 3 is 2.78 bits per heavy atom. The topological polar surface area (TPSA) is 84.1 Å². The Balaban J connectivity index is 2.27. The maximum atomic E-state index is 12.0. The number of imidazole rings is 1. The molecule has 2 aromatic rings. The van der Waals surface area contributed by atoms with Crippen LogP contribution in [0.25, 0.3) is 0 Å². The van der Waals surface area contributed by atoms with Gasteiger partial charge in [-0.2, -0.15) is 8.42 Å². The van der Waals surface area contributed by atoms with Crippen LogP contribution in [0.5, 0.6) is 5.75 Å². The Morgan fingerprint density at radius 2 is 2.17 bits per heavy atom. The molecule has 96 valence electrons. The molecule has 2 N–H and O–H groups in total. The predicted molar refractivity (Wildman–Crippen MR) is 67.1 cm³/mol. The zero-order chi connectivity index (χ0) is 13.2. The van der Waals surface area contributed by atoms with E-state index in [0.717, 1.165) is 0 Å². The Labute approximate surface area is 105 Å². The second kappa shape index (κ2) is 4.69. The van der Waals surface area contributed by atoms with Gasteiger partial charge in [0.15, 0.2) is 5.03 Å². The third-order valence-corrected chi connectivity index (χ3v) is 3.58. The SMILES string of the molecule is COc1cccc(NS(=O)(=O)c2cnc(C)[nH]2)c1. The van der Waals surface area contributed by atoms with E-state index in [2.05, 4.69) is 14.7 Å².